The van der Waals surface area contributed by atoms with E-state index >= 15 is 0 Å². The smallest absolute Gasteiger partial charge is 0.0695 e. The van der Waals surface area contributed by atoms with Gasteiger partial charge in [-0.25, -0.2) is 0 Å². The van der Waals surface area contributed by atoms with Crippen molar-refractivity contribution in [1.82, 2.24) is 4.90 Å². The summed E-state index contributed by atoms with van der Waals surface area (Å²) in [7, 11) is 0. The molecular formula is C12H23NO. The lowest BCUT2D eigenvalue weighted by Gasteiger charge is -2.42. The van der Waals surface area contributed by atoms with Crippen LogP contribution in [0.3, 0.4) is 0 Å². The Kier molecular flexibility index (Phi) is 2.85. The third-order valence-electron chi connectivity index (χ3n) is 4.06. The van der Waals surface area contributed by atoms with Crippen LogP contribution in [-0.2, 0) is 0 Å². The van der Waals surface area contributed by atoms with E-state index in [1.54, 1.807) is 0 Å². The molecule has 2 fully saturated rings. The number of likely N-dealkylation sites (tertiary alicyclic amines) is 1. The van der Waals surface area contributed by atoms with E-state index in [1.807, 2.05) is 0 Å². The maximum absolute atomic E-state index is 10.0. The van der Waals surface area contributed by atoms with Crippen LogP contribution < -0.4 is 0 Å². The van der Waals surface area contributed by atoms with Crippen molar-refractivity contribution in [2.75, 3.05) is 6.54 Å². The third-order valence-corrected chi connectivity index (χ3v) is 4.06. The molecule has 2 nitrogen and oxygen atoms in total. The van der Waals surface area contributed by atoms with Crippen LogP contribution in [0.5, 0.6) is 0 Å². The molecule has 0 aromatic heterocycles. The van der Waals surface area contributed by atoms with Gasteiger partial charge in [0.2, 0.25) is 0 Å². The van der Waals surface area contributed by atoms with E-state index in [-0.39, 0.29) is 6.10 Å². The number of hydrogen-bond donors (Lipinski definition) is 1. The summed E-state index contributed by atoms with van der Waals surface area (Å²) in [4.78, 5) is 2.55. The van der Waals surface area contributed by atoms with Gasteiger partial charge >= 0.3 is 0 Å². The molecule has 1 heterocycles. The number of hydrogen-bond acceptors (Lipinski definition) is 2. The third kappa shape index (κ3) is 1.82. The Hall–Kier alpha value is -0.0800. The largest absolute Gasteiger partial charge is 0.391 e. The Bertz CT molecular complexity index is 202. The Morgan fingerprint density at radius 1 is 1.14 bits per heavy atom. The SMILES string of the molecule is CC1(C)CCCN1[C@@H]1CCCC[C@H]1O. The predicted molar refractivity (Wildman–Crippen MR) is 58.3 cm³/mol. The lowest BCUT2D eigenvalue weighted by molar-refractivity contribution is -0.00830. The van der Waals surface area contributed by atoms with E-state index in [2.05, 4.69) is 18.7 Å². The molecule has 2 rings (SSSR count). The summed E-state index contributed by atoms with van der Waals surface area (Å²) in [6.07, 6.45) is 7.25. The van der Waals surface area contributed by atoms with Gasteiger partial charge in [0, 0.05) is 11.6 Å². The molecule has 1 saturated carbocycles. The summed E-state index contributed by atoms with van der Waals surface area (Å²) in [6, 6.07) is 0.446. The number of aliphatic hydroxyl groups excluding tert-OH is 1. The molecule has 1 aliphatic heterocycles. The van der Waals surface area contributed by atoms with Gasteiger partial charge in [0.1, 0.15) is 0 Å². The lowest BCUT2D eigenvalue weighted by atomic mass is 9.89. The van der Waals surface area contributed by atoms with Gasteiger partial charge in [-0.3, -0.25) is 4.90 Å². The normalized spacial score (nSPS) is 38.8. The van der Waals surface area contributed by atoms with Crippen LogP contribution in [0.25, 0.3) is 0 Å². The van der Waals surface area contributed by atoms with Gasteiger partial charge in [-0.2, -0.15) is 0 Å². The first-order chi connectivity index (χ1) is 6.61. The van der Waals surface area contributed by atoms with Gasteiger partial charge in [0.15, 0.2) is 0 Å². The molecule has 0 aromatic rings. The highest BCUT2D eigenvalue weighted by Gasteiger charge is 2.39. The predicted octanol–water partition coefficient (Wildman–Crippen LogP) is 2.16. The van der Waals surface area contributed by atoms with Gasteiger partial charge in [-0.1, -0.05) is 12.8 Å². The van der Waals surface area contributed by atoms with E-state index in [0.717, 1.165) is 6.42 Å². The summed E-state index contributed by atoms with van der Waals surface area (Å²) in [5.74, 6) is 0. The van der Waals surface area contributed by atoms with E-state index in [1.165, 1.54) is 38.6 Å². The quantitative estimate of drug-likeness (QED) is 0.696. The van der Waals surface area contributed by atoms with Crippen molar-refractivity contribution in [1.29, 1.82) is 0 Å². The van der Waals surface area contributed by atoms with Gasteiger partial charge in [-0.15, -0.1) is 0 Å². The summed E-state index contributed by atoms with van der Waals surface area (Å²) in [5, 5.41) is 10.0. The molecule has 0 radical (unpaired) electrons. The second kappa shape index (κ2) is 3.82. The van der Waals surface area contributed by atoms with Crippen LogP contribution in [0.2, 0.25) is 0 Å². The molecule has 0 amide bonds. The van der Waals surface area contributed by atoms with Crippen LogP contribution in [0.1, 0.15) is 52.4 Å². The molecule has 1 aliphatic carbocycles. The van der Waals surface area contributed by atoms with Crippen LogP contribution in [0.4, 0.5) is 0 Å². The second-order valence-electron chi connectivity index (χ2n) is 5.53. The monoisotopic (exact) mass is 197 g/mol. The van der Waals surface area contributed by atoms with Crippen LogP contribution in [0, 0.1) is 0 Å². The van der Waals surface area contributed by atoms with Crippen molar-refractivity contribution >= 4 is 0 Å². The first-order valence-corrected chi connectivity index (χ1v) is 6.06. The fraction of sp³-hybridized carbons (Fsp3) is 1.00. The van der Waals surface area contributed by atoms with Gasteiger partial charge in [0.25, 0.3) is 0 Å². The highest BCUT2D eigenvalue weighted by molar-refractivity contribution is 4.95. The van der Waals surface area contributed by atoms with Crippen LogP contribution >= 0.6 is 0 Å². The lowest BCUT2D eigenvalue weighted by Crippen LogP contribution is -2.51. The topological polar surface area (TPSA) is 23.5 Å². The Morgan fingerprint density at radius 2 is 1.86 bits per heavy atom. The van der Waals surface area contributed by atoms with E-state index in [0.29, 0.717) is 11.6 Å². The highest BCUT2D eigenvalue weighted by Crippen LogP contribution is 2.35. The van der Waals surface area contributed by atoms with Crippen molar-refractivity contribution < 1.29 is 5.11 Å². The second-order valence-corrected chi connectivity index (χ2v) is 5.53. The molecule has 2 atom stereocenters. The van der Waals surface area contributed by atoms with Crippen molar-refractivity contribution in [3.8, 4) is 0 Å². The van der Waals surface area contributed by atoms with E-state index in [9.17, 15) is 5.11 Å². The van der Waals surface area contributed by atoms with Gasteiger partial charge in [0.05, 0.1) is 6.10 Å². The van der Waals surface area contributed by atoms with Gasteiger partial charge < -0.3 is 5.11 Å². The zero-order chi connectivity index (χ0) is 10.2. The molecule has 82 valence electrons. The Balaban J connectivity index is 2.05. The van der Waals surface area contributed by atoms with E-state index in [4.69, 9.17) is 0 Å². The van der Waals surface area contributed by atoms with Crippen molar-refractivity contribution in [3.63, 3.8) is 0 Å². The fourth-order valence-electron chi connectivity index (χ4n) is 3.20. The summed E-state index contributed by atoms with van der Waals surface area (Å²) in [5.41, 5.74) is 0.322. The Morgan fingerprint density at radius 3 is 2.43 bits per heavy atom. The average molecular weight is 197 g/mol. The summed E-state index contributed by atoms with van der Waals surface area (Å²) < 4.78 is 0. The summed E-state index contributed by atoms with van der Waals surface area (Å²) in [6.45, 7) is 5.83. The minimum atomic E-state index is -0.0684. The first kappa shape index (κ1) is 10.4. The molecule has 2 aliphatic rings. The van der Waals surface area contributed by atoms with Crippen LogP contribution in [-0.4, -0.2) is 34.2 Å². The molecule has 0 spiro atoms. The van der Waals surface area contributed by atoms with Crippen molar-refractivity contribution in [2.45, 2.75) is 70.1 Å². The minimum absolute atomic E-state index is 0.0684. The standard InChI is InChI=1S/C12H23NO/c1-12(2)8-5-9-13(12)10-6-3-4-7-11(10)14/h10-11,14H,3-9H2,1-2H3/t10-,11-/m1/s1. The molecule has 0 unspecified atom stereocenters. The minimum Gasteiger partial charge on any atom is -0.391 e. The zero-order valence-corrected chi connectivity index (χ0v) is 9.50. The maximum Gasteiger partial charge on any atom is 0.0695 e. The first-order valence-electron chi connectivity index (χ1n) is 6.06. The molecule has 1 saturated heterocycles. The molecule has 1 N–H and O–H groups in total. The fourth-order valence-corrected chi connectivity index (χ4v) is 3.20. The maximum atomic E-state index is 10.0. The van der Waals surface area contributed by atoms with E-state index < -0.39 is 0 Å². The van der Waals surface area contributed by atoms with Gasteiger partial charge in [-0.05, 0) is 46.1 Å². The molecular weight excluding hydrogens is 174 g/mol. The van der Waals surface area contributed by atoms with Crippen LogP contribution in [0.15, 0.2) is 0 Å². The summed E-state index contributed by atoms with van der Waals surface area (Å²) >= 11 is 0. The number of nitrogens with zero attached hydrogens (tertiary/aromatic N) is 1. The zero-order valence-electron chi connectivity index (χ0n) is 9.50. The molecule has 2 heteroatoms. The molecule has 0 bridgehead atoms. The molecule has 14 heavy (non-hydrogen) atoms. The number of aliphatic hydroxyl groups is 1. The molecule has 0 aromatic carbocycles. The van der Waals surface area contributed by atoms with Crippen molar-refractivity contribution in [2.24, 2.45) is 0 Å². The Labute approximate surface area is 87.3 Å². The number of rotatable bonds is 1. The van der Waals surface area contributed by atoms with Crippen molar-refractivity contribution in [3.05, 3.63) is 0 Å². The average Bonchev–Trinajstić information content (AvgIpc) is 2.46. The highest BCUT2D eigenvalue weighted by atomic mass is 16.3.